The van der Waals surface area contributed by atoms with Crippen molar-refractivity contribution in [3.8, 4) is 0 Å². The Kier molecular flexibility index (Phi) is 3.28. The molecule has 1 rings (SSSR count). The molecule has 16 heavy (non-hydrogen) atoms. The molecular weight excluding hydrogens is 210 g/mol. The van der Waals surface area contributed by atoms with Crippen LogP contribution in [0.4, 0.5) is 0 Å². The largest absolute Gasteiger partial charge is 0.480 e. The maximum absolute atomic E-state index is 12.0. The Balaban J connectivity index is 2.95. The predicted octanol–water partition coefficient (Wildman–Crippen LogP) is 0.910. The molecule has 1 fully saturated rings. The number of rotatable bonds is 2. The number of carbonyl (C=O) groups is 2. The van der Waals surface area contributed by atoms with E-state index in [0.717, 1.165) is 0 Å². The van der Waals surface area contributed by atoms with Crippen molar-refractivity contribution in [3.63, 3.8) is 0 Å². The van der Waals surface area contributed by atoms with Gasteiger partial charge in [-0.1, -0.05) is 6.42 Å². The van der Waals surface area contributed by atoms with E-state index in [1.54, 1.807) is 20.8 Å². The Labute approximate surface area is 95.0 Å². The van der Waals surface area contributed by atoms with Gasteiger partial charge in [0.1, 0.15) is 5.60 Å². The van der Waals surface area contributed by atoms with Crippen molar-refractivity contribution < 1.29 is 19.4 Å². The standard InChI is InChI=1S/C11H19NO4/c1-10(2,3)16-9(15)11(8(13)14)6-4-5-7(11)12/h7H,4-6,12H2,1-3H3,(H,13,14). The third-order valence-corrected chi connectivity index (χ3v) is 2.86. The number of aliphatic carboxylic acids is 1. The summed E-state index contributed by atoms with van der Waals surface area (Å²) >= 11 is 0. The normalized spacial score (nSPS) is 30.1. The molecule has 0 aromatic carbocycles. The van der Waals surface area contributed by atoms with Crippen LogP contribution in [0, 0.1) is 5.41 Å². The highest BCUT2D eigenvalue weighted by Gasteiger charge is 2.56. The monoisotopic (exact) mass is 229 g/mol. The SMILES string of the molecule is CC(C)(C)OC(=O)C1(C(=O)O)CCCC1N. The number of carboxylic acid groups (broad SMARTS) is 1. The van der Waals surface area contributed by atoms with Gasteiger partial charge in [-0.2, -0.15) is 0 Å². The summed E-state index contributed by atoms with van der Waals surface area (Å²) in [6.45, 7) is 5.13. The first-order valence-electron chi connectivity index (χ1n) is 5.42. The zero-order chi connectivity index (χ0) is 12.6. The number of esters is 1. The summed E-state index contributed by atoms with van der Waals surface area (Å²) in [6.07, 6.45) is 1.46. The molecule has 0 aromatic heterocycles. The van der Waals surface area contributed by atoms with Gasteiger partial charge in [-0.15, -0.1) is 0 Å². The van der Waals surface area contributed by atoms with E-state index in [0.29, 0.717) is 12.8 Å². The zero-order valence-corrected chi connectivity index (χ0v) is 9.95. The Morgan fingerprint density at radius 2 is 2.00 bits per heavy atom. The van der Waals surface area contributed by atoms with E-state index in [-0.39, 0.29) is 6.42 Å². The minimum absolute atomic E-state index is 0.262. The van der Waals surface area contributed by atoms with Crippen LogP contribution in [0.25, 0.3) is 0 Å². The van der Waals surface area contributed by atoms with Crippen molar-refractivity contribution in [1.29, 1.82) is 0 Å². The van der Waals surface area contributed by atoms with Crippen molar-refractivity contribution >= 4 is 11.9 Å². The molecule has 2 atom stereocenters. The van der Waals surface area contributed by atoms with E-state index in [4.69, 9.17) is 10.5 Å². The van der Waals surface area contributed by atoms with Gasteiger partial charge in [0, 0.05) is 6.04 Å². The predicted molar refractivity (Wildman–Crippen MR) is 57.7 cm³/mol. The molecule has 3 N–H and O–H groups in total. The van der Waals surface area contributed by atoms with Crippen LogP contribution in [-0.4, -0.2) is 28.7 Å². The first kappa shape index (κ1) is 13.0. The van der Waals surface area contributed by atoms with E-state index < -0.39 is 29.0 Å². The molecule has 0 heterocycles. The van der Waals surface area contributed by atoms with Crippen molar-refractivity contribution in [1.82, 2.24) is 0 Å². The fraction of sp³-hybridized carbons (Fsp3) is 0.818. The van der Waals surface area contributed by atoms with E-state index in [1.807, 2.05) is 0 Å². The average molecular weight is 229 g/mol. The second kappa shape index (κ2) is 4.05. The first-order chi connectivity index (χ1) is 7.20. The van der Waals surface area contributed by atoms with Gasteiger partial charge in [-0.3, -0.25) is 9.59 Å². The molecule has 0 bridgehead atoms. The lowest BCUT2D eigenvalue weighted by Gasteiger charge is -2.30. The molecule has 1 aliphatic carbocycles. The zero-order valence-electron chi connectivity index (χ0n) is 9.95. The molecule has 5 heteroatoms. The van der Waals surface area contributed by atoms with Gasteiger partial charge < -0.3 is 15.6 Å². The lowest BCUT2D eigenvalue weighted by molar-refractivity contribution is -0.177. The van der Waals surface area contributed by atoms with Gasteiger partial charge in [0.2, 0.25) is 0 Å². The third-order valence-electron chi connectivity index (χ3n) is 2.86. The number of ether oxygens (including phenoxy) is 1. The molecule has 0 amide bonds. The van der Waals surface area contributed by atoms with Crippen molar-refractivity contribution in [2.24, 2.45) is 11.1 Å². The quantitative estimate of drug-likeness (QED) is 0.542. The summed E-state index contributed by atoms with van der Waals surface area (Å²) in [7, 11) is 0. The van der Waals surface area contributed by atoms with Crippen LogP contribution in [-0.2, 0) is 14.3 Å². The molecular formula is C11H19NO4. The average Bonchev–Trinajstić information content (AvgIpc) is 2.44. The molecule has 1 aliphatic rings. The number of carbonyl (C=O) groups excluding carboxylic acids is 1. The van der Waals surface area contributed by atoms with Crippen molar-refractivity contribution in [2.45, 2.75) is 51.7 Å². The van der Waals surface area contributed by atoms with Gasteiger partial charge >= 0.3 is 11.9 Å². The van der Waals surface area contributed by atoms with Crippen LogP contribution >= 0.6 is 0 Å². The highest BCUT2D eigenvalue weighted by atomic mass is 16.6. The molecule has 0 saturated heterocycles. The second-order valence-electron chi connectivity index (χ2n) is 5.28. The summed E-state index contributed by atoms with van der Waals surface area (Å²) in [5, 5.41) is 9.22. The van der Waals surface area contributed by atoms with E-state index in [1.165, 1.54) is 0 Å². The van der Waals surface area contributed by atoms with Gasteiger partial charge in [-0.05, 0) is 33.6 Å². The fourth-order valence-electron chi connectivity index (χ4n) is 2.01. The van der Waals surface area contributed by atoms with Crippen LogP contribution in [0.1, 0.15) is 40.0 Å². The van der Waals surface area contributed by atoms with Crippen LogP contribution in [0.3, 0.4) is 0 Å². The molecule has 92 valence electrons. The lowest BCUT2D eigenvalue weighted by atomic mass is 9.83. The van der Waals surface area contributed by atoms with Gasteiger partial charge in [0.05, 0.1) is 0 Å². The van der Waals surface area contributed by atoms with E-state index in [9.17, 15) is 14.7 Å². The van der Waals surface area contributed by atoms with Gasteiger partial charge in [0.25, 0.3) is 0 Å². The second-order valence-corrected chi connectivity index (χ2v) is 5.28. The Morgan fingerprint density at radius 1 is 1.44 bits per heavy atom. The minimum Gasteiger partial charge on any atom is -0.480 e. The molecule has 0 aromatic rings. The third kappa shape index (κ3) is 2.19. The topological polar surface area (TPSA) is 89.6 Å². The Bertz CT molecular complexity index is 308. The van der Waals surface area contributed by atoms with Crippen LogP contribution in [0.15, 0.2) is 0 Å². The maximum Gasteiger partial charge on any atom is 0.325 e. The molecule has 2 unspecified atom stereocenters. The lowest BCUT2D eigenvalue weighted by Crippen LogP contribution is -2.51. The first-order valence-corrected chi connectivity index (χ1v) is 5.42. The van der Waals surface area contributed by atoms with Crippen LogP contribution in [0.2, 0.25) is 0 Å². The van der Waals surface area contributed by atoms with Crippen molar-refractivity contribution in [2.75, 3.05) is 0 Å². The van der Waals surface area contributed by atoms with Gasteiger partial charge in [-0.25, -0.2) is 0 Å². The van der Waals surface area contributed by atoms with Crippen LogP contribution in [0.5, 0.6) is 0 Å². The summed E-state index contributed by atoms with van der Waals surface area (Å²) in [4.78, 5) is 23.2. The number of hydrogen-bond acceptors (Lipinski definition) is 4. The molecule has 0 aliphatic heterocycles. The Morgan fingerprint density at radius 3 is 2.31 bits per heavy atom. The minimum atomic E-state index is -1.55. The fourth-order valence-corrected chi connectivity index (χ4v) is 2.01. The number of carboxylic acids is 1. The summed E-state index contributed by atoms with van der Waals surface area (Å²) in [5.74, 6) is -1.88. The summed E-state index contributed by atoms with van der Waals surface area (Å²) < 4.78 is 5.16. The molecule has 1 saturated carbocycles. The van der Waals surface area contributed by atoms with Gasteiger partial charge in [0.15, 0.2) is 5.41 Å². The molecule has 0 radical (unpaired) electrons. The van der Waals surface area contributed by atoms with E-state index >= 15 is 0 Å². The summed E-state index contributed by atoms with van der Waals surface area (Å²) in [5.41, 5.74) is 3.51. The summed E-state index contributed by atoms with van der Waals surface area (Å²) in [6, 6.07) is -0.653. The van der Waals surface area contributed by atoms with E-state index in [2.05, 4.69) is 0 Å². The smallest absolute Gasteiger partial charge is 0.325 e. The molecule has 0 spiro atoms. The number of nitrogens with two attached hydrogens (primary N) is 1. The van der Waals surface area contributed by atoms with Crippen molar-refractivity contribution in [3.05, 3.63) is 0 Å². The number of hydrogen-bond donors (Lipinski definition) is 2. The highest BCUT2D eigenvalue weighted by molar-refractivity contribution is 6.00. The Hall–Kier alpha value is -1.10. The maximum atomic E-state index is 12.0. The highest BCUT2D eigenvalue weighted by Crippen LogP contribution is 2.39. The molecule has 5 nitrogen and oxygen atoms in total. The van der Waals surface area contributed by atoms with Crippen LogP contribution < -0.4 is 5.73 Å².